The lowest BCUT2D eigenvalue weighted by Crippen LogP contribution is -2.46. The Balaban J connectivity index is 1.07. The van der Waals surface area contributed by atoms with Crippen molar-refractivity contribution < 1.29 is 9.90 Å². The van der Waals surface area contributed by atoms with Gasteiger partial charge in [-0.1, -0.05) is 42.5 Å². The molecule has 6 heteroatoms. The van der Waals surface area contributed by atoms with E-state index in [0.717, 1.165) is 70.5 Å². The van der Waals surface area contributed by atoms with Gasteiger partial charge in [-0.25, -0.2) is 0 Å². The van der Waals surface area contributed by atoms with Crippen LogP contribution in [0.2, 0.25) is 0 Å². The van der Waals surface area contributed by atoms with E-state index in [2.05, 4.69) is 56.4 Å². The van der Waals surface area contributed by atoms with E-state index in [-0.39, 0.29) is 5.91 Å². The van der Waals surface area contributed by atoms with Gasteiger partial charge in [0.15, 0.2) is 0 Å². The number of amides is 1. The first-order valence-corrected chi connectivity index (χ1v) is 15.6. The molecule has 0 radical (unpaired) electrons. The number of anilines is 1. The molecule has 1 unspecified atom stereocenters. The number of unbranched alkanes of at least 4 members (excludes halogenated alkanes) is 2. The highest BCUT2D eigenvalue weighted by Gasteiger charge is 2.24. The van der Waals surface area contributed by atoms with Crippen LogP contribution >= 0.6 is 0 Å². The van der Waals surface area contributed by atoms with Crippen LogP contribution in [0.15, 0.2) is 78.9 Å². The number of fused-ring (bicyclic) bond motifs is 1. The maximum atomic E-state index is 12.4. The molecule has 2 N–H and O–H groups in total. The van der Waals surface area contributed by atoms with Gasteiger partial charge in [-0.2, -0.15) is 0 Å². The number of piperazine rings is 1. The molecule has 0 aromatic heterocycles. The minimum absolute atomic E-state index is 0.00996. The number of phenols is 1. The van der Waals surface area contributed by atoms with Crippen LogP contribution in [-0.2, 0) is 12.8 Å². The lowest BCUT2D eigenvalue weighted by atomic mass is 9.87. The van der Waals surface area contributed by atoms with E-state index in [9.17, 15) is 9.90 Å². The Bertz CT molecular complexity index is 1210. The minimum atomic E-state index is 0.00996. The van der Waals surface area contributed by atoms with E-state index in [1.807, 2.05) is 42.5 Å². The zero-order valence-electron chi connectivity index (χ0n) is 24.4. The first kappa shape index (κ1) is 29.2. The Morgan fingerprint density at radius 1 is 0.829 bits per heavy atom. The number of benzene rings is 3. The van der Waals surface area contributed by atoms with Crippen molar-refractivity contribution in [3.8, 4) is 5.75 Å². The molecule has 1 heterocycles. The van der Waals surface area contributed by atoms with Crippen molar-refractivity contribution in [1.29, 1.82) is 0 Å². The number of nitrogens with zero attached hydrogens (tertiary/aromatic N) is 3. The van der Waals surface area contributed by atoms with Crippen LogP contribution in [0.25, 0.3) is 0 Å². The zero-order valence-corrected chi connectivity index (χ0v) is 24.4. The first-order valence-electron chi connectivity index (χ1n) is 15.6. The molecule has 1 aliphatic carbocycles. The largest absolute Gasteiger partial charge is 0.508 e. The highest BCUT2D eigenvalue weighted by atomic mass is 16.3. The number of hydrogen-bond donors (Lipinski definition) is 2. The van der Waals surface area contributed by atoms with Crippen LogP contribution in [0.3, 0.4) is 0 Å². The SMILES string of the molecule is O=C(NCCCCN(CCCCN1CCN(c2ccccc2)CC1)C1CCc2ccc(O)cc2C1)c1ccccc1. The molecule has 1 atom stereocenters. The number of carbonyl (C=O) groups excluding carboxylic acids is 1. The monoisotopic (exact) mass is 554 g/mol. The van der Waals surface area contributed by atoms with Crippen LogP contribution in [0.4, 0.5) is 5.69 Å². The van der Waals surface area contributed by atoms with Gasteiger partial charge in [-0.3, -0.25) is 9.69 Å². The van der Waals surface area contributed by atoms with Gasteiger partial charge >= 0.3 is 0 Å². The average Bonchev–Trinajstić information content (AvgIpc) is 3.02. The summed E-state index contributed by atoms with van der Waals surface area (Å²) in [7, 11) is 0. The topological polar surface area (TPSA) is 59.1 Å². The highest BCUT2D eigenvalue weighted by molar-refractivity contribution is 5.94. The van der Waals surface area contributed by atoms with Crippen LogP contribution in [0, 0.1) is 0 Å². The van der Waals surface area contributed by atoms with Gasteiger partial charge in [0.05, 0.1) is 0 Å². The van der Waals surface area contributed by atoms with Crippen LogP contribution in [0.5, 0.6) is 5.75 Å². The second-order valence-electron chi connectivity index (χ2n) is 11.6. The molecule has 2 aliphatic rings. The molecule has 3 aromatic carbocycles. The van der Waals surface area contributed by atoms with E-state index in [1.165, 1.54) is 42.6 Å². The zero-order chi connectivity index (χ0) is 28.3. The summed E-state index contributed by atoms with van der Waals surface area (Å²) in [6, 6.07) is 26.6. The third kappa shape index (κ3) is 8.57. The second-order valence-corrected chi connectivity index (χ2v) is 11.6. The summed E-state index contributed by atoms with van der Waals surface area (Å²) in [5.74, 6) is 0.383. The number of aryl methyl sites for hydroxylation is 1. The molecule has 1 aliphatic heterocycles. The molecule has 6 nitrogen and oxygen atoms in total. The molecule has 1 amide bonds. The lowest BCUT2D eigenvalue weighted by Gasteiger charge is -2.37. The molecule has 3 aromatic rings. The van der Waals surface area contributed by atoms with E-state index in [4.69, 9.17) is 0 Å². The Kier molecular flexibility index (Phi) is 10.7. The average molecular weight is 555 g/mol. The van der Waals surface area contributed by atoms with Crippen molar-refractivity contribution in [2.24, 2.45) is 0 Å². The van der Waals surface area contributed by atoms with E-state index in [0.29, 0.717) is 18.3 Å². The molecule has 0 bridgehead atoms. The van der Waals surface area contributed by atoms with E-state index in [1.54, 1.807) is 0 Å². The van der Waals surface area contributed by atoms with Crippen molar-refractivity contribution in [2.45, 2.75) is 51.0 Å². The predicted octanol–water partition coefficient (Wildman–Crippen LogP) is 5.36. The van der Waals surface area contributed by atoms with E-state index < -0.39 is 0 Å². The van der Waals surface area contributed by atoms with E-state index >= 15 is 0 Å². The summed E-state index contributed by atoms with van der Waals surface area (Å²) in [5.41, 5.74) is 4.75. The summed E-state index contributed by atoms with van der Waals surface area (Å²) in [5, 5.41) is 13.1. The maximum absolute atomic E-state index is 12.4. The molecule has 1 saturated heterocycles. The Morgan fingerprint density at radius 3 is 2.29 bits per heavy atom. The number of carbonyl (C=O) groups is 1. The summed E-state index contributed by atoms with van der Waals surface area (Å²) >= 11 is 0. The third-order valence-corrected chi connectivity index (χ3v) is 8.77. The third-order valence-electron chi connectivity index (χ3n) is 8.77. The molecule has 1 fully saturated rings. The van der Waals surface area contributed by atoms with Crippen molar-refractivity contribution in [1.82, 2.24) is 15.1 Å². The van der Waals surface area contributed by atoms with Gasteiger partial charge in [0, 0.05) is 50.0 Å². The molecular formula is C35H46N4O2. The smallest absolute Gasteiger partial charge is 0.251 e. The fraction of sp³-hybridized carbons (Fsp3) is 0.457. The number of aromatic hydroxyl groups is 1. The van der Waals surface area contributed by atoms with Crippen molar-refractivity contribution >= 4 is 11.6 Å². The number of rotatable bonds is 13. The van der Waals surface area contributed by atoms with Gasteiger partial charge in [0.1, 0.15) is 5.75 Å². The molecular weight excluding hydrogens is 508 g/mol. The Hall–Kier alpha value is -3.35. The number of phenolic OH excluding ortho intramolecular Hbond substituents is 1. The van der Waals surface area contributed by atoms with Crippen molar-refractivity contribution in [3.63, 3.8) is 0 Å². The van der Waals surface area contributed by atoms with Gasteiger partial charge in [0.2, 0.25) is 0 Å². The first-order chi connectivity index (χ1) is 20.2. The van der Waals surface area contributed by atoms with Crippen LogP contribution in [0.1, 0.15) is 53.6 Å². The van der Waals surface area contributed by atoms with Crippen molar-refractivity contribution in [2.75, 3.05) is 57.3 Å². The second kappa shape index (κ2) is 15.0. The van der Waals surface area contributed by atoms with Crippen molar-refractivity contribution in [3.05, 3.63) is 95.6 Å². The fourth-order valence-electron chi connectivity index (χ4n) is 6.37. The van der Waals surface area contributed by atoms with Crippen LogP contribution < -0.4 is 10.2 Å². The molecule has 0 spiro atoms. The Labute approximate surface area is 246 Å². The summed E-state index contributed by atoms with van der Waals surface area (Å²) < 4.78 is 0. The number of para-hydroxylation sites is 1. The molecule has 218 valence electrons. The number of nitrogens with one attached hydrogen (secondary N) is 1. The summed E-state index contributed by atoms with van der Waals surface area (Å²) in [6.07, 6.45) is 7.73. The normalized spacial score (nSPS) is 17.4. The fourth-order valence-corrected chi connectivity index (χ4v) is 6.37. The molecule has 0 saturated carbocycles. The quantitative estimate of drug-likeness (QED) is 0.279. The van der Waals surface area contributed by atoms with Gasteiger partial charge in [0.25, 0.3) is 5.91 Å². The number of hydrogen-bond acceptors (Lipinski definition) is 5. The lowest BCUT2D eigenvalue weighted by molar-refractivity contribution is 0.0952. The highest BCUT2D eigenvalue weighted by Crippen LogP contribution is 2.28. The maximum Gasteiger partial charge on any atom is 0.251 e. The summed E-state index contributed by atoms with van der Waals surface area (Å²) in [4.78, 5) is 20.2. The summed E-state index contributed by atoms with van der Waals surface area (Å²) in [6.45, 7) is 8.51. The Morgan fingerprint density at radius 2 is 1.54 bits per heavy atom. The molecule has 41 heavy (non-hydrogen) atoms. The minimum Gasteiger partial charge on any atom is -0.508 e. The van der Waals surface area contributed by atoms with Gasteiger partial charge in [-0.15, -0.1) is 0 Å². The van der Waals surface area contributed by atoms with Gasteiger partial charge in [-0.05, 0) is 112 Å². The molecule has 5 rings (SSSR count). The standard InChI is InChI=1S/C35H46N4O2/c40-34-18-16-29-15-17-33(27-31(29)28-34)38(21-8-7-19-36-35(41)30-11-3-1-4-12-30)22-10-9-20-37-23-25-39(26-24-37)32-13-5-2-6-14-32/h1-6,11-14,16,18,28,33,40H,7-10,15,17,19-27H2,(H,36,41). The predicted molar refractivity (Wildman–Crippen MR) is 168 cm³/mol. The van der Waals surface area contributed by atoms with Gasteiger partial charge < -0.3 is 20.2 Å². The van der Waals surface area contributed by atoms with Crippen LogP contribution in [-0.4, -0.2) is 79.2 Å².